The van der Waals surface area contributed by atoms with E-state index in [0.717, 1.165) is 10.5 Å². The topological polar surface area (TPSA) is 43.1 Å². The normalized spacial score (nSPS) is 11.4. The molecular weight excluding hydrogens is 241 g/mol. The molecule has 0 fully saturated rings. The van der Waals surface area contributed by atoms with Gasteiger partial charge in [0.25, 0.3) is 0 Å². The van der Waals surface area contributed by atoms with Gasteiger partial charge in [-0.05, 0) is 17.7 Å². The average Bonchev–Trinajstić information content (AvgIpc) is 2.08. The third-order valence-electron chi connectivity index (χ3n) is 1.33. The SMILES string of the molecule is O=[N+]([O-])/C(F)=C/c1ccc(Br)cc1. The molecule has 0 aliphatic carbocycles. The summed E-state index contributed by atoms with van der Waals surface area (Å²) in [5, 5.41) is 9.92. The molecule has 0 aliphatic rings. The highest BCUT2D eigenvalue weighted by Gasteiger charge is 2.06. The van der Waals surface area contributed by atoms with E-state index in [4.69, 9.17) is 0 Å². The van der Waals surface area contributed by atoms with Crippen LogP contribution in [-0.2, 0) is 0 Å². The van der Waals surface area contributed by atoms with Crippen molar-refractivity contribution in [1.82, 2.24) is 0 Å². The van der Waals surface area contributed by atoms with Crippen LogP contribution in [0.1, 0.15) is 5.56 Å². The van der Waals surface area contributed by atoms with Gasteiger partial charge in [0, 0.05) is 4.47 Å². The van der Waals surface area contributed by atoms with E-state index in [1.807, 2.05) is 0 Å². The minimum absolute atomic E-state index is 0.456. The van der Waals surface area contributed by atoms with Gasteiger partial charge < -0.3 is 0 Å². The first-order chi connectivity index (χ1) is 6.09. The Labute approximate surface area is 82.2 Å². The lowest BCUT2D eigenvalue weighted by Crippen LogP contribution is -1.91. The van der Waals surface area contributed by atoms with E-state index < -0.39 is 10.9 Å². The van der Waals surface area contributed by atoms with Gasteiger partial charge in [-0.25, -0.2) is 0 Å². The molecule has 0 radical (unpaired) electrons. The lowest BCUT2D eigenvalue weighted by Gasteiger charge is -1.91. The molecule has 0 N–H and O–H groups in total. The highest BCUT2D eigenvalue weighted by atomic mass is 79.9. The predicted molar refractivity (Wildman–Crippen MR) is 50.2 cm³/mol. The molecule has 0 aromatic heterocycles. The van der Waals surface area contributed by atoms with Crippen molar-refractivity contribution in [2.24, 2.45) is 0 Å². The van der Waals surface area contributed by atoms with Crippen molar-refractivity contribution in [2.75, 3.05) is 0 Å². The maximum absolute atomic E-state index is 12.5. The fraction of sp³-hybridized carbons (Fsp3) is 0. The second kappa shape index (κ2) is 4.13. The van der Waals surface area contributed by atoms with E-state index in [9.17, 15) is 14.5 Å². The Kier molecular flexibility index (Phi) is 3.13. The predicted octanol–water partition coefficient (Wildman–Crippen LogP) is 2.99. The van der Waals surface area contributed by atoms with Crippen molar-refractivity contribution in [2.45, 2.75) is 0 Å². The monoisotopic (exact) mass is 245 g/mol. The van der Waals surface area contributed by atoms with Gasteiger partial charge in [0.1, 0.15) is 0 Å². The minimum atomic E-state index is -1.36. The van der Waals surface area contributed by atoms with E-state index in [1.165, 1.54) is 0 Å². The Morgan fingerprint density at radius 1 is 1.46 bits per heavy atom. The number of nitro groups is 1. The quantitative estimate of drug-likeness (QED) is 0.457. The molecule has 0 saturated heterocycles. The van der Waals surface area contributed by atoms with Crippen molar-refractivity contribution in [3.05, 3.63) is 50.4 Å². The van der Waals surface area contributed by atoms with E-state index in [2.05, 4.69) is 15.9 Å². The third-order valence-corrected chi connectivity index (χ3v) is 1.86. The van der Waals surface area contributed by atoms with E-state index >= 15 is 0 Å². The molecule has 1 aromatic carbocycles. The molecule has 0 atom stereocenters. The smallest absolute Gasteiger partial charge is 0.256 e. The van der Waals surface area contributed by atoms with E-state index in [1.54, 1.807) is 24.3 Å². The second-order valence-corrected chi connectivity index (χ2v) is 3.19. The van der Waals surface area contributed by atoms with Gasteiger partial charge in [0.15, 0.2) is 0 Å². The fourth-order valence-electron chi connectivity index (χ4n) is 0.749. The third kappa shape index (κ3) is 2.95. The first-order valence-corrected chi connectivity index (χ1v) is 4.16. The number of hydrogen-bond acceptors (Lipinski definition) is 2. The molecule has 0 saturated carbocycles. The Morgan fingerprint density at radius 2 is 2.00 bits per heavy atom. The van der Waals surface area contributed by atoms with Crippen LogP contribution in [0.15, 0.2) is 34.7 Å². The zero-order chi connectivity index (χ0) is 9.84. The molecule has 0 aliphatic heterocycles. The minimum Gasteiger partial charge on any atom is -0.256 e. The Morgan fingerprint density at radius 3 is 2.46 bits per heavy atom. The van der Waals surface area contributed by atoms with Crippen molar-refractivity contribution in [3.63, 3.8) is 0 Å². The molecule has 0 heterocycles. The standard InChI is InChI=1S/C8H5BrFNO2/c9-7-3-1-6(2-4-7)5-8(10)11(12)13/h1-5H/b8-5+. The number of halogens is 2. The molecule has 3 nitrogen and oxygen atoms in total. The molecule has 0 amide bonds. The molecular formula is C8H5BrFNO2. The lowest BCUT2D eigenvalue weighted by molar-refractivity contribution is -0.445. The van der Waals surface area contributed by atoms with Crippen molar-refractivity contribution in [1.29, 1.82) is 0 Å². The van der Waals surface area contributed by atoms with Crippen LogP contribution in [0.3, 0.4) is 0 Å². The Bertz CT molecular complexity index is 348. The molecule has 5 heteroatoms. The highest BCUT2D eigenvalue weighted by molar-refractivity contribution is 9.10. The first kappa shape index (κ1) is 9.85. The molecule has 1 rings (SSSR count). The van der Waals surface area contributed by atoms with E-state index in [-0.39, 0.29) is 0 Å². The summed E-state index contributed by atoms with van der Waals surface area (Å²) >= 11 is 3.19. The van der Waals surface area contributed by atoms with Crippen LogP contribution in [0.4, 0.5) is 4.39 Å². The van der Waals surface area contributed by atoms with Gasteiger partial charge >= 0.3 is 5.95 Å². The van der Waals surface area contributed by atoms with Gasteiger partial charge in [0.05, 0.1) is 11.0 Å². The summed E-state index contributed by atoms with van der Waals surface area (Å²) in [5.74, 6) is -1.36. The summed E-state index contributed by atoms with van der Waals surface area (Å²) < 4.78 is 13.3. The summed E-state index contributed by atoms with van der Waals surface area (Å²) in [6.07, 6.45) is 0.867. The second-order valence-electron chi connectivity index (χ2n) is 2.28. The van der Waals surface area contributed by atoms with Gasteiger partial charge in [-0.15, -0.1) is 4.39 Å². The highest BCUT2D eigenvalue weighted by Crippen LogP contribution is 2.13. The largest absolute Gasteiger partial charge is 0.419 e. The molecule has 0 spiro atoms. The average molecular weight is 246 g/mol. The molecule has 68 valence electrons. The van der Waals surface area contributed by atoms with Crippen LogP contribution in [0, 0.1) is 10.1 Å². The van der Waals surface area contributed by atoms with Crippen molar-refractivity contribution < 1.29 is 9.31 Å². The van der Waals surface area contributed by atoms with Gasteiger partial charge in [-0.2, -0.15) is 0 Å². The fourth-order valence-corrected chi connectivity index (χ4v) is 1.01. The molecule has 0 unspecified atom stereocenters. The maximum atomic E-state index is 12.5. The van der Waals surface area contributed by atoms with E-state index in [0.29, 0.717) is 5.56 Å². The summed E-state index contributed by atoms with van der Waals surface area (Å²) in [6, 6.07) is 6.51. The van der Waals surface area contributed by atoms with Crippen LogP contribution in [-0.4, -0.2) is 4.92 Å². The zero-order valence-corrected chi connectivity index (χ0v) is 7.99. The van der Waals surface area contributed by atoms with Gasteiger partial charge in [-0.3, -0.25) is 10.1 Å². The van der Waals surface area contributed by atoms with Crippen LogP contribution in [0.5, 0.6) is 0 Å². The first-order valence-electron chi connectivity index (χ1n) is 3.37. The number of nitrogens with zero attached hydrogens (tertiary/aromatic N) is 1. The summed E-state index contributed by atoms with van der Waals surface area (Å²) in [6.45, 7) is 0. The number of benzene rings is 1. The van der Waals surface area contributed by atoms with Gasteiger partial charge in [0.2, 0.25) is 0 Å². The molecule has 13 heavy (non-hydrogen) atoms. The van der Waals surface area contributed by atoms with Crippen molar-refractivity contribution >= 4 is 22.0 Å². The summed E-state index contributed by atoms with van der Waals surface area (Å²) in [4.78, 5) is 8.86. The van der Waals surface area contributed by atoms with Gasteiger partial charge in [-0.1, -0.05) is 28.1 Å². The lowest BCUT2D eigenvalue weighted by atomic mass is 10.2. The summed E-state index contributed by atoms with van der Waals surface area (Å²) in [5.41, 5.74) is 0.456. The summed E-state index contributed by atoms with van der Waals surface area (Å²) in [7, 11) is 0. The zero-order valence-electron chi connectivity index (χ0n) is 6.41. The molecule has 1 aromatic rings. The number of hydrogen-bond donors (Lipinski definition) is 0. The number of rotatable bonds is 2. The molecule has 0 bridgehead atoms. The van der Waals surface area contributed by atoms with Crippen LogP contribution < -0.4 is 0 Å². The van der Waals surface area contributed by atoms with Crippen molar-refractivity contribution in [3.8, 4) is 0 Å². The van der Waals surface area contributed by atoms with Crippen LogP contribution >= 0.6 is 15.9 Å². The Balaban J connectivity index is 2.92. The Hall–Kier alpha value is -1.23. The van der Waals surface area contributed by atoms with Crippen LogP contribution in [0.25, 0.3) is 6.08 Å². The maximum Gasteiger partial charge on any atom is 0.419 e. The van der Waals surface area contributed by atoms with Crippen LogP contribution in [0.2, 0.25) is 0 Å².